The number of amides is 1. The second-order valence-corrected chi connectivity index (χ2v) is 44.5. The highest BCUT2D eigenvalue weighted by molar-refractivity contribution is 7.65. The molecule has 1 amide bonds. The van der Waals surface area contributed by atoms with E-state index in [4.69, 9.17) is 104 Å². The maximum atomic E-state index is 12.7. The lowest BCUT2D eigenvalue weighted by Crippen LogP contribution is -2.35. The molecule has 0 aliphatic carbocycles. The molecule has 3 nitrogen and oxygen atoms in total. The summed E-state index contributed by atoms with van der Waals surface area (Å²) in [7, 11) is -1.89. The fourth-order valence-corrected chi connectivity index (χ4v) is 17.7. The van der Waals surface area contributed by atoms with Crippen LogP contribution in [0.2, 0.25) is 42.3 Å². The first-order valence-corrected chi connectivity index (χ1v) is 33.6. The molecule has 3 rings (SSSR count). The molecule has 0 fully saturated rings. The van der Waals surface area contributed by atoms with Gasteiger partial charge in [0.05, 0.1) is 8.07 Å². The van der Waals surface area contributed by atoms with Gasteiger partial charge in [-0.2, -0.15) is 0 Å². The summed E-state index contributed by atoms with van der Waals surface area (Å²) in [6.45, 7) is 0.706. The van der Waals surface area contributed by atoms with Crippen molar-refractivity contribution in [3.63, 3.8) is 0 Å². The van der Waals surface area contributed by atoms with Crippen LogP contribution in [0.4, 0.5) is 4.79 Å². The normalized spacial score (nSPS) is 13.0. The van der Waals surface area contributed by atoms with E-state index in [9.17, 15) is 4.79 Å². The van der Waals surface area contributed by atoms with E-state index in [0.29, 0.717) is 24.7 Å². The molecule has 0 spiro atoms. The standard InChI is InChI=1S/C29H38Cl9NO2Si4/c30-43(31,32)19-7-16-42(17-8-20-44(33,34)35,18-9-21-45(36,37)38)15-6-5-14-39-29(40)41-23-28-26-12-3-1-10-24(26)22-25-11-2-4-13-27(25)28/h1-4,10-13,22H,5-9,14-21,23H2,(H,39,40). The van der Waals surface area contributed by atoms with Crippen molar-refractivity contribution in [3.05, 3.63) is 60.2 Å². The van der Waals surface area contributed by atoms with Gasteiger partial charge >= 0.3 is 24.1 Å². The van der Waals surface area contributed by atoms with Crippen molar-refractivity contribution in [2.75, 3.05) is 6.54 Å². The SMILES string of the molecule is O=C(NCCCC[Si](CCC[Si](Cl)(Cl)Cl)(CCC[Si](Cl)(Cl)Cl)CCC[Si](Cl)(Cl)Cl)OCc1c2ccccc2cc2ccccc12. The quantitative estimate of drug-likeness (QED) is 0.0564. The van der Waals surface area contributed by atoms with E-state index >= 15 is 0 Å². The van der Waals surface area contributed by atoms with Crippen LogP contribution in [0.1, 0.15) is 37.7 Å². The molecule has 0 aliphatic heterocycles. The molecule has 0 radical (unpaired) electrons. The minimum atomic E-state index is -2.73. The summed E-state index contributed by atoms with van der Waals surface area (Å²) in [4.78, 5) is 12.7. The Morgan fingerprint density at radius 2 is 1.00 bits per heavy atom. The molecular weight excluding hydrogens is 826 g/mol. The number of benzene rings is 3. The van der Waals surface area contributed by atoms with Gasteiger partial charge in [0.1, 0.15) is 6.61 Å². The van der Waals surface area contributed by atoms with E-state index in [1.807, 2.05) is 24.3 Å². The topological polar surface area (TPSA) is 38.3 Å². The van der Waals surface area contributed by atoms with Gasteiger partial charge in [0.2, 0.25) is 0 Å². The van der Waals surface area contributed by atoms with E-state index in [1.165, 1.54) is 0 Å². The molecule has 0 heterocycles. The summed E-state index contributed by atoms with van der Waals surface area (Å²) in [5.41, 5.74) is 1.00. The van der Waals surface area contributed by atoms with Crippen LogP contribution in [-0.4, -0.2) is 38.7 Å². The van der Waals surface area contributed by atoms with E-state index in [2.05, 4.69) is 35.6 Å². The first-order valence-electron chi connectivity index (χ1n) is 15.1. The van der Waals surface area contributed by atoms with Crippen molar-refractivity contribution in [1.29, 1.82) is 0 Å². The first kappa shape index (κ1) is 40.4. The van der Waals surface area contributed by atoms with Gasteiger partial charge in [0.15, 0.2) is 0 Å². The zero-order valence-corrected chi connectivity index (χ0v) is 35.6. The van der Waals surface area contributed by atoms with Crippen molar-refractivity contribution in [3.8, 4) is 0 Å². The molecule has 0 unspecified atom stereocenters. The van der Waals surface area contributed by atoms with Gasteiger partial charge in [-0.3, -0.25) is 0 Å². The molecule has 0 saturated carbocycles. The molecule has 250 valence electrons. The van der Waals surface area contributed by atoms with Crippen LogP contribution in [0.5, 0.6) is 0 Å². The minimum Gasteiger partial charge on any atom is -0.445 e. The summed E-state index contributed by atoms with van der Waals surface area (Å²) < 4.78 is 5.70. The highest BCUT2D eigenvalue weighted by Gasteiger charge is 2.36. The van der Waals surface area contributed by atoms with E-state index in [1.54, 1.807) is 0 Å². The van der Waals surface area contributed by atoms with Gasteiger partial charge in [-0.1, -0.05) is 98.4 Å². The lowest BCUT2D eigenvalue weighted by atomic mass is 9.97. The number of rotatable bonds is 19. The summed E-state index contributed by atoms with van der Waals surface area (Å²) in [6.07, 6.45) is 3.92. The van der Waals surface area contributed by atoms with Gasteiger partial charge in [-0.15, -0.1) is 99.7 Å². The van der Waals surface area contributed by atoms with E-state index in [0.717, 1.165) is 83.4 Å². The Labute approximate surface area is 313 Å². The van der Waals surface area contributed by atoms with Crippen LogP contribution < -0.4 is 5.32 Å². The van der Waals surface area contributed by atoms with Crippen LogP contribution in [0.3, 0.4) is 0 Å². The van der Waals surface area contributed by atoms with E-state index < -0.39 is 32.2 Å². The molecule has 3 aromatic carbocycles. The van der Waals surface area contributed by atoms with Crippen LogP contribution in [-0.2, 0) is 11.3 Å². The number of ether oxygens (including phenoxy) is 1. The second kappa shape index (κ2) is 18.8. The largest absolute Gasteiger partial charge is 0.445 e. The van der Waals surface area contributed by atoms with Gasteiger partial charge in [0, 0.05) is 12.1 Å². The van der Waals surface area contributed by atoms with Crippen molar-refractivity contribution < 1.29 is 9.53 Å². The second-order valence-electron chi connectivity index (χ2n) is 11.7. The van der Waals surface area contributed by atoms with Crippen molar-refractivity contribution in [2.45, 2.75) is 81.0 Å². The zero-order chi connectivity index (χ0) is 33.1. The van der Waals surface area contributed by atoms with Crippen LogP contribution in [0, 0.1) is 0 Å². The van der Waals surface area contributed by atoms with Crippen LogP contribution in [0.15, 0.2) is 54.6 Å². The lowest BCUT2D eigenvalue weighted by Gasteiger charge is -2.33. The van der Waals surface area contributed by atoms with Gasteiger partial charge in [-0.25, -0.2) is 4.79 Å². The predicted molar refractivity (Wildman–Crippen MR) is 212 cm³/mol. The average Bonchev–Trinajstić information content (AvgIpc) is 2.93. The number of carbonyl (C=O) groups excluding carboxylic acids is 1. The number of alkyl carbamates (subject to hydrolysis) is 1. The number of unbranched alkanes of at least 4 members (excludes halogenated alkanes) is 1. The number of nitrogens with one attached hydrogen (secondary N) is 1. The highest BCUT2D eigenvalue weighted by atomic mass is 35.9. The zero-order valence-electron chi connectivity index (χ0n) is 24.8. The van der Waals surface area contributed by atoms with Crippen molar-refractivity contribution >= 4 is 153 Å². The Bertz CT molecular complexity index is 1280. The molecular formula is C29H38Cl9NO2Si4. The third kappa shape index (κ3) is 15.6. The van der Waals surface area contributed by atoms with Gasteiger partial charge < -0.3 is 10.1 Å². The van der Waals surface area contributed by atoms with Crippen molar-refractivity contribution in [2.24, 2.45) is 0 Å². The molecule has 0 aliphatic rings. The average molecular weight is 864 g/mol. The summed E-state index contributed by atoms with van der Waals surface area (Å²) >= 11 is 56.0. The Hall–Kier alpha value is 0.928. The number of hydrogen-bond acceptors (Lipinski definition) is 2. The molecule has 0 atom stereocenters. The maximum absolute atomic E-state index is 12.7. The van der Waals surface area contributed by atoms with E-state index in [-0.39, 0.29) is 6.61 Å². The number of fused-ring (bicyclic) bond motifs is 2. The Morgan fingerprint density at radius 3 is 1.44 bits per heavy atom. The highest BCUT2D eigenvalue weighted by Crippen LogP contribution is 2.40. The summed E-state index contributed by atoms with van der Waals surface area (Å²) in [6, 6.07) is 16.2. The molecule has 16 heteroatoms. The van der Waals surface area contributed by atoms with Gasteiger partial charge in [0.25, 0.3) is 0 Å². The lowest BCUT2D eigenvalue weighted by molar-refractivity contribution is 0.140. The number of carbonyl (C=O) groups is 1. The first-order chi connectivity index (χ1) is 21.1. The number of hydrogen-bond donors (Lipinski definition) is 1. The monoisotopic (exact) mass is 859 g/mol. The Morgan fingerprint density at radius 1 is 0.578 bits per heavy atom. The van der Waals surface area contributed by atoms with Crippen molar-refractivity contribution in [1.82, 2.24) is 5.32 Å². The molecule has 3 aromatic rings. The predicted octanol–water partition coefficient (Wildman–Crippen LogP) is 13.6. The molecule has 0 aromatic heterocycles. The smallest absolute Gasteiger partial charge is 0.407 e. The minimum absolute atomic E-state index is 0.190. The molecule has 1 N–H and O–H groups in total. The molecule has 0 bridgehead atoms. The Kier molecular flexibility index (Phi) is 16.9. The third-order valence-electron chi connectivity index (χ3n) is 8.14. The third-order valence-corrected chi connectivity index (χ3v) is 21.7. The summed E-state index contributed by atoms with van der Waals surface area (Å²) in [5.74, 6) is 0. The summed E-state index contributed by atoms with van der Waals surface area (Å²) in [5, 5.41) is 7.33. The fraction of sp³-hybridized carbons (Fsp3) is 0.483. The molecule has 45 heavy (non-hydrogen) atoms. The Balaban J connectivity index is 1.59. The van der Waals surface area contributed by atoms with Crippen LogP contribution >= 0.6 is 99.7 Å². The maximum Gasteiger partial charge on any atom is 0.407 e. The van der Waals surface area contributed by atoms with Gasteiger partial charge in [-0.05, 0) is 52.2 Å². The fourth-order valence-electron chi connectivity index (χ4n) is 6.01. The van der Waals surface area contributed by atoms with Crippen LogP contribution in [0.25, 0.3) is 21.5 Å². The molecule has 0 saturated heterocycles. The number of halogens is 9.